The summed E-state index contributed by atoms with van der Waals surface area (Å²) in [6.45, 7) is 7.04. The van der Waals surface area contributed by atoms with E-state index in [1.165, 1.54) is 0 Å². The summed E-state index contributed by atoms with van der Waals surface area (Å²) < 4.78 is 0. The molecular formula is C12H22N2O3. The molecule has 5 nitrogen and oxygen atoms in total. The summed E-state index contributed by atoms with van der Waals surface area (Å²) >= 11 is 0. The van der Waals surface area contributed by atoms with E-state index in [0.717, 1.165) is 13.0 Å². The highest BCUT2D eigenvalue weighted by Crippen LogP contribution is 2.21. The van der Waals surface area contributed by atoms with Gasteiger partial charge in [-0.3, -0.25) is 4.79 Å². The molecular weight excluding hydrogens is 220 g/mol. The Balaban J connectivity index is 2.62. The monoisotopic (exact) mass is 242 g/mol. The van der Waals surface area contributed by atoms with Crippen molar-refractivity contribution in [2.24, 2.45) is 11.3 Å². The number of nitrogens with one attached hydrogen (secondary N) is 1. The molecule has 1 rings (SSSR count). The molecule has 1 amide bonds. The van der Waals surface area contributed by atoms with Gasteiger partial charge in [0.2, 0.25) is 5.91 Å². The molecule has 1 heterocycles. The van der Waals surface area contributed by atoms with Gasteiger partial charge in [0.25, 0.3) is 0 Å². The summed E-state index contributed by atoms with van der Waals surface area (Å²) in [4.78, 5) is 25.2. The van der Waals surface area contributed by atoms with Gasteiger partial charge >= 0.3 is 5.97 Å². The first kappa shape index (κ1) is 14.0. The van der Waals surface area contributed by atoms with E-state index in [1.54, 1.807) is 0 Å². The van der Waals surface area contributed by atoms with Crippen molar-refractivity contribution in [3.63, 3.8) is 0 Å². The molecule has 0 aromatic heterocycles. The van der Waals surface area contributed by atoms with Gasteiger partial charge in [-0.15, -0.1) is 0 Å². The molecule has 0 aromatic rings. The molecule has 0 aromatic carbocycles. The Morgan fingerprint density at radius 2 is 2.00 bits per heavy atom. The molecule has 1 saturated heterocycles. The molecule has 2 atom stereocenters. The Kier molecular flexibility index (Phi) is 4.14. The maximum atomic E-state index is 12.0. The molecule has 1 fully saturated rings. The first-order valence-corrected chi connectivity index (χ1v) is 5.93. The molecule has 0 radical (unpaired) electrons. The van der Waals surface area contributed by atoms with Gasteiger partial charge in [0, 0.05) is 6.54 Å². The molecule has 0 bridgehead atoms. The maximum absolute atomic E-state index is 12.0. The Morgan fingerprint density at radius 3 is 2.35 bits per heavy atom. The summed E-state index contributed by atoms with van der Waals surface area (Å²) in [6.07, 6.45) is 0.804. The van der Waals surface area contributed by atoms with E-state index in [4.69, 9.17) is 5.11 Å². The van der Waals surface area contributed by atoms with Gasteiger partial charge in [0.15, 0.2) is 0 Å². The predicted octanol–water partition coefficient (Wildman–Crippen LogP) is 0.554. The number of hydrogen-bond donors (Lipinski definition) is 2. The van der Waals surface area contributed by atoms with E-state index in [-0.39, 0.29) is 11.8 Å². The van der Waals surface area contributed by atoms with Crippen LogP contribution in [0.3, 0.4) is 0 Å². The molecule has 2 N–H and O–H groups in total. The number of carbonyl (C=O) groups excluding carboxylic acids is 1. The van der Waals surface area contributed by atoms with Crippen molar-refractivity contribution in [1.29, 1.82) is 0 Å². The summed E-state index contributed by atoms with van der Waals surface area (Å²) in [7, 11) is 1.96. The highest BCUT2D eigenvalue weighted by Gasteiger charge is 2.35. The highest BCUT2D eigenvalue weighted by atomic mass is 16.4. The number of carboxylic acid groups (broad SMARTS) is 1. The quantitative estimate of drug-likeness (QED) is 0.758. The van der Waals surface area contributed by atoms with Gasteiger partial charge in [-0.25, -0.2) is 4.79 Å². The number of rotatable bonds is 3. The lowest BCUT2D eigenvalue weighted by atomic mass is 9.86. The number of aliphatic carboxylic acids is 1. The van der Waals surface area contributed by atoms with E-state index >= 15 is 0 Å². The highest BCUT2D eigenvalue weighted by molar-refractivity contribution is 5.85. The van der Waals surface area contributed by atoms with E-state index in [9.17, 15) is 9.59 Å². The number of hydrogen-bond acceptors (Lipinski definition) is 3. The van der Waals surface area contributed by atoms with Gasteiger partial charge in [-0.1, -0.05) is 20.8 Å². The summed E-state index contributed by atoms with van der Waals surface area (Å²) in [6, 6.07) is -0.832. The van der Waals surface area contributed by atoms with Crippen LogP contribution in [-0.4, -0.2) is 48.1 Å². The van der Waals surface area contributed by atoms with Crippen LogP contribution in [0.1, 0.15) is 27.2 Å². The minimum atomic E-state index is -0.975. The van der Waals surface area contributed by atoms with Crippen molar-refractivity contribution >= 4 is 11.9 Å². The smallest absolute Gasteiger partial charge is 0.326 e. The largest absolute Gasteiger partial charge is 0.480 e. The third-order valence-corrected chi connectivity index (χ3v) is 3.16. The second-order valence-corrected chi connectivity index (χ2v) is 5.89. The number of nitrogens with zero attached hydrogens (tertiary/aromatic N) is 1. The van der Waals surface area contributed by atoms with Crippen molar-refractivity contribution in [3.05, 3.63) is 0 Å². The van der Waals surface area contributed by atoms with Crippen molar-refractivity contribution in [2.45, 2.75) is 33.2 Å². The average Bonchev–Trinajstić information content (AvgIpc) is 2.58. The lowest BCUT2D eigenvalue weighted by Gasteiger charge is -2.28. The molecule has 17 heavy (non-hydrogen) atoms. The minimum Gasteiger partial charge on any atom is -0.480 e. The minimum absolute atomic E-state index is 0.0794. The lowest BCUT2D eigenvalue weighted by molar-refractivity contribution is -0.145. The Morgan fingerprint density at radius 1 is 1.41 bits per heavy atom. The zero-order valence-electron chi connectivity index (χ0n) is 11.0. The van der Waals surface area contributed by atoms with Gasteiger partial charge < -0.3 is 15.3 Å². The SMILES string of the molecule is CN1CCC(C(=O)N[C@H](C(=O)O)C(C)(C)C)C1. The fraction of sp³-hybridized carbons (Fsp3) is 0.833. The third-order valence-electron chi connectivity index (χ3n) is 3.16. The van der Waals surface area contributed by atoms with Gasteiger partial charge in [-0.05, 0) is 25.4 Å². The zero-order chi connectivity index (χ0) is 13.2. The standard InChI is InChI=1S/C12H22N2O3/c1-12(2,3)9(11(16)17)13-10(15)8-5-6-14(4)7-8/h8-9H,5-7H2,1-4H3,(H,13,15)(H,16,17)/t8?,9-/m1/s1. The molecule has 1 aliphatic heterocycles. The van der Waals surface area contributed by atoms with E-state index in [1.807, 2.05) is 27.8 Å². The topological polar surface area (TPSA) is 69.6 Å². The van der Waals surface area contributed by atoms with Crippen LogP contribution >= 0.6 is 0 Å². The molecule has 1 unspecified atom stereocenters. The van der Waals surface area contributed by atoms with Crippen LogP contribution < -0.4 is 5.32 Å². The van der Waals surface area contributed by atoms with Crippen molar-refractivity contribution in [3.8, 4) is 0 Å². The number of likely N-dealkylation sites (tertiary alicyclic amines) is 1. The van der Waals surface area contributed by atoms with Crippen molar-refractivity contribution in [1.82, 2.24) is 10.2 Å². The first-order valence-electron chi connectivity index (χ1n) is 5.93. The van der Waals surface area contributed by atoms with Crippen LogP contribution in [0.4, 0.5) is 0 Å². The van der Waals surface area contributed by atoms with Crippen LogP contribution in [0.5, 0.6) is 0 Å². The number of carbonyl (C=O) groups is 2. The predicted molar refractivity (Wildman–Crippen MR) is 64.6 cm³/mol. The summed E-state index contributed by atoms with van der Waals surface area (Å²) in [5, 5.41) is 11.8. The van der Waals surface area contributed by atoms with Crippen molar-refractivity contribution in [2.75, 3.05) is 20.1 Å². The summed E-state index contributed by atoms with van der Waals surface area (Å²) in [5.74, 6) is -1.20. The summed E-state index contributed by atoms with van der Waals surface area (Å²) in [5.41, 5.74) is -0.480. The Labute approximate surface area is 102 Å². The van der Waals surface area contributed by atoms with Gasteiger partial charge in [0.1, 0.15) is 6.04 Å². The molecule has 0 aliphatic carbocycles. The van der Waals surface area contributed by atoms with Crippen LogP contribution in [0, 0.1) is 11.3 Å². The Bertz CT molecular complexity index is 309. The molecule has 98 valence electrons. The lowest BCUT2D eigenvalue weighted by Crippen LogP contribution is -2.51. The molecule has 1 aliphatic rings. The van der Waals surface area contributed by atoms with Crippen LogP contribution in [0.25, 0.3) is 0 Å². The molecule has 0 spiro atoms. The van der Waals surface area contributed by atoms with E-state index in [2.05, 4.69) is 10.2 Å². The van der Waals surface area contributed by atoms with Crippen molar-refractivity contribution < 1.29 is 14.7 Å². The van der Waals surface area contributed by atoms with Crippen LogP contribution in [0.2, 0.25) is 0 Å². The van der Waals surface area contributed by atoms with E-state index < -0.39 is 17.4 Å². The van der Waals surface area contributed by atoms with Gasteiger partial charge in [0.05, 0.1) is 5.92 Å². The van der Waals surface area contributed by atoms with Gasteiger partial charge in [-0.2, -0.15) is 0 Å². The fourth-order valence-corrected chi connectivity index (χ4v) is 2.06. The number of amides is 1. The third kappa shape index (κ3) is 3.70. The maximum Gasteiger partial charge on any atom is 0.326 e. The fourth-order valence-electron chi connectivity index (χ4n) is 2.06. The zero-order valence-corrected chi connectivity index (χ0v) is 11.0. The second-order valence-electron chi connectivity index (χ2n) is 5.89. The normalized spacial score (nSPS) is 23.4. The Hall–Kier alpha value is -1.10. The second kappa shape index (κ2) is 5.04. The first-order chi connectivity index (χ1) is 7.71. The van der Waals surface area contributed by atoms with Crippen LogP contribution in [-0.2, 0) is 9.59 Å². The molecule has 5 heteroatoms. The van der Waals surface area contributed by atoms with Crippen LogP contribution in [0.15, 0.2) is 0 Å². The van der Waals surface area contributed by atoms with E-state index in [0.29, 0.717) is 6.54 Å². The number of carboxylic acids is 1. The average molecular weight is 242 g/mol. The molecule has 0 saturated carbocycles.